The molecule has 0 spiro atoms. The molecule has 2 rings (SSSR count). The number of nitrogens with one attached hydrogen (secondary N) is 1. The number of nitrogens with zero attached hydrogens (tertiary/aromatic N) is 3. The SMILES string of the molecule is CCNCCn1nc(C)c(S(=O)(=O)N2CC=CCC2)c1C. The minimum atomic E-state index is -3.45. The molecule has 0 aromatic carbocycles. The van der Waals surface area contributed by atoms with Gasteiger partial charge in [-0.1, -0.05) is 19.1 Å². The highest BCUT2D eigenvalue weighted by atomic mass is 32.2. The standard InChI is InChI=1S/C14H24N4O2S/c1-4-15-8-11-18-13(3)14(12(2)16-18)21(19,20)17-9-6-5-7-10-17/h5-6,15H,4,7-11H2,1-3H3. The average molecular weight is 312 g/mol. The lowest BCUT2D eigenvalue weighted by molar-refractivity contribution is 0.436. The maximum Gasteiger partial charge on any atom is 0.247 e. The second-order valence-electron chi connectivity index (χ2n) is 5.20. The van der Waals surface area contributed by atoms with Gasteiger partial charge in [-0.05, 0) is 26.8 Å². The van der Waals surface area contributed by atoms with E-state index in [1.807, 2.05) is 26.0 Å². The zero-order valence-corrected chi connectivity index (χ0v) is 13.8. The Bertz CT molecular complexity index is 619. The maximum absolute atomic E-state index is 12.8. The van der Waals surface area contributed by atoms with Crippen LogP contribution in [-0.4, -0.2) is 48.7 Å². The molecule has 118 valence electrons. The molecule has 0 unspecified atom stereocenters. The Balaban J connectivity index is 2.28. The normalized spacial score (nSPS) is 16.5. The van der Waals surface area contributed by atoms with Gasteiger partial charge in [-0.25, -0.2) is 8.42 Å². The minimum absolute atomic E-state index is 0.370. The van der Waals surface area contributed by atoms with Crippen LogP contribution in [-0.2, 0) is 16.6 Å². The number of likely N-dealkylation sites (N-methyl/N-ethyl adjacent to an activating group) is 1. The van der Waals surface area contributed by atoms with Crippen molar-refractivity contribution in [2.45, 2.75) is 38.6 Å². The van der Waals surface area contributed by atoms with E-state index in [1.165, 1.54) is 4.31 Å². The third-order valence-electron chi connectivity index (χ3n) is 3.68. The molecule has 7 heteroatoms. The van der Waals surface area contributed by atoms with Gasteiger partial charge < -0.3 is 5.32 Å². The lowest BCUT2D eigenvalue weighted by Gasteiger charge is -2.22. The van der Waals surface area contributed by atoms with E-state index >= 15 is 0 Å². The summed E-state index contributed by atoms with van der Waals surface area (Å²) in [6.45, 7) is 8.98. The topological polar surface area (TPSA) is 67.2 Å². The number of aromatic nitrogens is 2. The lowest BCUT2D eigenvalue weighted by atomic mass is 10.3. The summed E-state index contributed by atoms with van der Waals surface area (Å²) in [5.74, 6) is 0. The van der Waals surface area contributed by atoms with Crippen molar-refractivity contribution in [2.75, 3.05) is 26.2 Å². The second-order valence-corrected chi connectivity index (χ2v) is 7.07. The molecule has 0 saturated carbocycles. The molecule has 0 saturated heterocycles. The van der Waals surface area contributed by atoms with Crippen LogP contribution >= 0.6 is 0 Å². The summed E-state index contributed by atoms with van der Waals surface area (Å²) in [4.78, 5) is 0.370. The molecule has 0 fully saturated rings. The highest BCUT2D eigenvalue weighted by molar-refractivity contribution is 7.89. The Morgan fingerprint density at radius 1 is 1.33 bits per heavy atom. The fraction of sp³-hybridized carbons (Fsp3) is 0.643. The molecule has 1 aromatic heterocycles. The molecule has 1 aliphatic rings. The van der Waals surface area contributed by atoms with Gasteiger partial charge >= 0.3 is 0 Å². The number of hydrogen-bond donors (Lipinski definition) is 1. The van der Waals surface area contributed by atoms with Gasteiger partial charge in [0.15, 0.2) is 0 Å². The lowest BCUT2D eigenvalue weighted by Crippen LogP contribution is -2.34. The summed E-state index contributed by atoms with van der Waals surface area (Å²) < 4.78 is 28.9. The van der Waals surface area contributed by atoms with E-state index in [0.29, 0.717) is 30.2 Å². The number of aryl methyl sites for hydroxylation is 1. The molecular formula is C14H24N4O2S. The average Bonchev–Trinajstić information content (AvgIpc) is 2.75. The zero-order chi connectivity index (χ0) is 15.5. The van der Waals surface area contributed by atoms with Crippen molar-refractivity contribution in [1.29, 1.82) is 0 Å². The molecule has 0 atom stereocenters. The first-order chi connectivity index (χ1) is 9.98. The second kappa shape index (κ2) is 6.72. The van der Waals surface area contributed by atoms with Crippen molar-refractivity contribution < 1.29 is 8.42 Å². The molecule has 0 bridgehead atoms. The molecule has 1 aromatic rings. The molecular weight excluding hydrogens is 288 g/mol. The number of sulfonamides is 1. The van der Waals surface area contributed by atoms with Crippen molar-refractivity contribution in [2.24, 2.45) is 0 Å². The predicted octanol–water partition coefficient (Wildman–Crippen LogP) is 1.06. The van der Waals surface area contributed by atoms with Crippen LogP contribution in [0.1, 0.15) is 24.7 Å². The van der Waals surface area contributed by atoms with Crippen molar-refractivity contribution >= 4 is 10.0 Å². The fourth-order valence-corrected chi connectivity index (χ4v) is 4.38. The molecule has 21 heavy (non-hydrogen) atoms. The summed E-state index contributed by atoms with van der Waals surface area (Å²) in [5, 5.41) is 7.62. The Morgan fingerprint density at radius 3 is 2.71 bits per heavy atom. The van der Waals surface area contributed by atoms with Crippen molar-refractivity contribution in [1.82, 2.24) is 19.4 Å². The summed E-state index contributed by atoms with van der Waals surface area (Å²) in [5.41, 5.74) is 1.30. The predicted molar refractivity (Wildman–Crippen MR) is 82.8 cm³/mol. The molecule has 0 radical (unpaired) electrons. The van der Waals surface area contributed by atoms with Gasteiger partial charge in [0.2, 0.25) is 10.0 Å². The number of hydrogen-bond acceptors (Lipinski definition) is 4. The molecule has 0 aliphatic carbocycles. The van der Waals surface area contributed by atoms with Gasteiger partial charge in [0, 0.05) is 19.6 Å². The first-order valence-corrected chi connectivity index (χ1v) is 8.82. The summed E-state index contributed by atoms with van der Waals surface area (Å²) in [7, 11) is -3.45. The van der Waals surface area contributed by atoms with Gasteiger partial charge in [0.25, 0.3) is 0 Å². The van der Waals surface area contributed by atoms with E-state index in [2.05, 4.69) is 10.4 Å². The van der Waals surface area contributed by atoms with Gasteiger partial charge in [-0.3, -0.25) is 4.68 Å². The van der Waals surface area contributed by atoms with E-state index in [0.717, 1.165) is 25.2 Å². The Hall–Kier alpha value is -1.18. The van der Waals surface area contributed by atoms with E-state index in [4.69, 9.17) is 0 Å². The van der Waals surface area contributed by atoms with E-state index in [1.54, 1.807) is 11.6 Å². The molecule has 1 aliphatic heterocycles. The Morgan fingerprint density at radius 2 is 2.10 bits per heavy atom. The first kappa shape index (κ1) is 16.2. The van der Waals surface area contributed by atoms with Gasteiger partial charge in [0.1, 0.15) is 4.90 Å². The van der Waals surface area contributed by atoms with Crippen molar-refractivity contribution in [3.63, 3.8) is 0 Å². The van der Waals surface area contributed by atoms with E-state index < -0.39 is 10.0 Å². The Kier molecular flexibility index (Phi) is 5.18. The van der Waals surface area contributed by atoms with E-state index in [-0.39, 0.29) is 0 Å². The maximum atomic E-state index is 12.8. The monoisotopic (exact) mass is 312 g/mol. The Labute approximate surface area is 126 Å². The van der Waals surface area contributed by atoms with Crippen LogP contribution in [0.25, 0.3) is 0 Å². The van der Waals surface area contributed by atoms with E-state index in [9.17, 15) is 8.42 Å². The molecule has 6 nitrogen and oxygen atoms in total. The van der Waals surface area contributed by atoms with Gasteiger partial charge in [-0.15, -0.1) is 0 Å². The molecule has 2 heterocycles. The quantitative estimate of drug-likeness (QED) is 0.630. The fourth-order valence-electron chi connectivity index (χ4n) is 2.60. The largest absolute Gasteiger partial charge is 0.315 e. The summed E-state index contributed by atoms with van der Waals surface area (Å²) >= 11 is 0. The molecule has 1 N–H and O–H groups in total. The first-order valence-electron chi connectivity index (χ1n) is 7.38. The van der Waals surface area contributed by atoms with Gasteiger partial charge in [-0.2, -0.15) is 9.40 Å². The van der Waals surface area contributed by atoms with Crippen LogP contribution < -0.4 is 5.32 Å². The minimum Gasteiger partial charge on any atom is -0.315 e. The third kappa shape index (κ3) is 3.36. The highest BCUT2D eigenvalue weighted by Crippen LogP contribution is 2.24. The zero-order valence-electron chi connectivity index (χ0n) is 13.0. The van der Waals surface area contributed by atoms with Crippen LogP contribution in [0.5, 0.6) is 0 Å². The van der Waals surface area contributed by atoms with Crippen LogP contribution in [0, 0.1) is 13.8 Å². The van der Waals surface area contributed by atoms with Crippen LogP contribution in [0.15, 0.2) is 17.0 Å². The van der Waals surface area contributed by atoms with Crippen LogP contribution in [0.3, 0.4) is 0 Å². The van der Waals surface area contributed by atoms with Gasteiger partial charge in [0.05, 0.1) is 17.9 Å². The highest BCUT2D eigenvalue weighted by Gasteiger charge is 2.30. The summed E-state index contributed by atoms with van der Waals surface area (Å²) in [6, 6.07) is 0. The third-order valence-corrected chi connectivity index (χ3v) is 5.80. The molecule has 0 amide bonds. The summed E-state index contributed by atoms with van der Waals surface area (Å²) in [6.07, 6.45) is 4.69. The van der Waals surface area contributed by atoms with Crippen LogP contribution in [0.2, 0.25) is 0 Å². The van der Waals surface area contributed by atoms with Crippen molar-refractivity contribution in [3.05, 3.63) is 23.5 Å². The smallest absolute Gasteiger partial charge is 0.247 e. The van der Waals surface area contributed by atoms with Crippen LogP contribution in [0.4, 0.5) is 0 Å². The number of rotatable bonds is 6. The van der Waals surface area contributed by atoms with Crippen molar-refractivity contribution in [3.8, 4) is 0 Å².